The molecule has 0 aromatic carbocycles. The lowest BCUT2D eigenvalue weighted by Gasteiger charge is -2.18. The highest BCUT2D eigenvalue weighted by Gasteiger charge is 2.19. The van der Waals surface area contributed by atoms with E-state index in [9.17, 15) is 14.4 Å². The Kier molecular flexibility index (Phi) is 61.2. The summed E-state index contributed by atoms with van der Waals surface area (Å²) in [7, 11) is 0. The fraction of sp³-hybridized carbons (Fsp3) is 0.812. The van der Waals surface area contributed by atoms with Crippen LogP contribution in [-0.2, 0) is 28.6 Å². The molecule has 1 atom stereocenters. The lowest BCUT2D eigenvalue weighted by Crippen LogP contribution is -2.30. The molecular formula is C69H124O6. The summed E-state index contributed by atoms with van der Waals surface area (Å²) in [5, 5.41) is 0. The van der Waals surface area contributed by atoms with Crippen molar-refractivity contribution in [3.05, 3.63) is 60.8 Å². The number of carbonyl (C=O) groups excluding carboxylic acids is 3. The van der Waals surface area contributed by atoms with Gasteiger partial charge in [0.25, 0.3) is 0 Å². The van der Waals surface area contributed by atoms with Gasteiger partial charge in [0.05, 0.1) is 0 Å². The molecule has 0 saturated heterocycles. The third kappa shape index (κ3) is 61.8. The molecule has 0 aliphatic rings. The molecular weight excluding hydrogens is 925 g/mol. The molecule has 0 heterocycles. The van der Waals surface area contributed by atoms with Gasteiger partial charge in [-0.05, 0) is 103 Å². The minimum Gasteiger partial charge on any atom is -0.462 e. The Morgan fingerprint density at radius 1 is 0.280 bits per heavy atom. The minimum atomic E-state index is -0.788. The summed E-state index contributed by atoms with van der Waals surface area (Å²) in [6, 6.07) is 0. The Hall–Kier alpha value is -2.89. The molecule has 0 aliphatic carbocycles. The molecule has 0 N–H and O–H groups in total. The van der Waals surface area contributed by atoms with E-state index in [-0.39, 0.29) is 31.1 Å². The quantitative estimate of drug-likeness (QED) is 0.0261. The Morgan fingerprint density at radius 2 is 0.520 bits per heavy atom. The predicted molar refractivity (Wildman–Crippen MR) is 325 cm³/mol. The summed E-state index contributed by atoms with van der Waals surface area (Å²) in [5.41, 5.74) is 0. The highest BCUT2D eigenvalue weighted by molar-refractivity contribution is 5.71. The highest BCUT2D eigenvalue weighted by atomic mass is 16.6. The van der Waals surface area contributed by atoms with Crippen molar-refractivity contribution in [2.24, 2.45) is 0 Å². The molecule has 0 aliphatic heterocycles. The van der Waals surface area contributed by atoms with Crippen LogP contribution in [0.1, 0.15) is 342 Å². The summed E-state index contributed by atoms with van der Waals surface area (Å²) in [6.45, 7) is 6.54. The Balaban J connectivity index is 4.30. The standard InChI is InChI=1S/C69H124O6/c1-4-7-10-13-16-19-22-25-27-29-31-33-34-36-37-39-41-44-47-50-53-56-59-62-68(71)74-65-66(64-73-67(70)61-58-55-52-49-46-43-24-21-18-15-12-9-6-3)75-69(72)63-60-57-54-51-48-45-42-40-38-35-32-30-28-26-23-20-17-14-11-8-5-2/h9,12,18,21,29-32,43,46,66H,4-8,10-11,13-17,19-20,22-28,33-42,44-45,47-65H2,1-3H3/b12-9-,21-18-,31-29-,32-30-,46-43-. The molecule has 0 aromatic heterocycles. The van der Waals surface area contributed by atoms with Crippen LogP contribution in [0.4, 0.5) is 0 Å². The monoisotopic (exact) mass is 1050 g/mol. The molecule has 0 radical (unpaired) electrons. The van der Waals surface area contributed by atoms with Crippen molar-refractivity contribution < 1.29 is 28.6 Å². The maximum absolute atomic E-state index is 12.9. The molecule has 6 heteroatoms. The summed E-state index contributed by atoms with van der Waals surface area (Å²) >= 11 is 0. The molecule has 0 spiro atoms. The van der Waals surface area contributed by atoms with Gasteiger partial charge < -0.3 is 14.2 Å². The topological polar surface area (TPSA) is 78.9 Å². The predicted octanol–water partition coefficient (Wildman–Crippen LogP) is 22.3. The first-order valence-corrected chi connectivity index (χ1v) is 32.8. The van der Waals surface area contributed by atoms with E-state index in [2.05, 4.69) is 81.5 Å². The van der Waals surface area contributed by atoms with Gasteiger partial charge in [0.1, 0.15) is 13.2 Å². The van der Waals surface area contributed by atoms with Crippen molar-refractivity contribution in [2.45, 2.75) is 348 Å². The average Bonchev–Trinajstić information content (AvgIpc) is 3.41. The van der Waals surface area contributed by atoms with Crippen molar-refractivity contribution in [1.82, 2.24) is 0 Å². The molecule has 0 saturated carbocycles. The average molecular weight is 1050 g/mol. The zero-order valence-electron chi connectivity index (χ0n) is 50.1. The van der Waals surface area contributed by atoms with Crippen molar-refractivity contribution in [3.63, 3.8) is 0 Å². The van der Waals surface area contributed by atoms with Gasteiger partial charge in [-0.1, -0.05) is 281 Å². The zero-order valence-corrected chi connectivity index (χ0v) is 50.1. The summed E-state index contributed by atoms with van der Waals surface area (Å²) in [4.78, 5) is 38.3. The zero-order chi connectivity index (χ0) is 54.3. The molecule has 0 aromatic rings. The van der Waals surface area contributed by atoms with E-state index >= 15 is 0 Å². The Morgan fingerprint density at radius 3 is 0.840 bits per heavy atom. The molecule has 1 unspecified atom stereocenters. The first-order chi connectivity index (χ1) is 37.0. The molecule has 0 fully saturated rings. The van der Waals surface area contributed by atoms with Gasteiger partial charge in [-0.3, -0.25) is 14.4 Å². The number of allylic oxidation sites excluding steroid dienone is 10. The van der Waals surface area contributed by atoms with Crippen molar-refractivity contribution in [3.8, 4) is 0 Å². The second kappa shape index (κ2) is 63.6. The summed E-state index contributed by atoms with van der Waals surface area (Å²) in [5.74, 6) is -0.899. The first kappa shape index (κ1) is 72.1. The number of ether oxygens (including phenoxy) is 3. The molecule has 6 nitrogen and oxygen atoms in total. The van der Waals surface area contributed by atoms with E-state index in [1.54, 1.807) is 0 Å². The third-order valence-corrected chi connectivity index (χ3v) is 14.5. The largest absolute Gasteiger partial charge is 0.462 e. The normalized spacial score (nSPS) is 12.4. The van der Waals surface area contributed by atoms with Gasteiger partial charge in [0, 0.05) is 19.3 Å². The number of esters is 3. The van der Waals surface area contributed by atoms with Crippen LogP contribution in [0.15, 0.2) is 60.8 Å². The van der Waals surface area contributed by atoms with Crippen LogP contribution in [0.3, 0.4) is 0 Å². The first-order valence-electron chi connectivity index (χ1n) is 32.8. The second-order valence-electron chi connectivity index (χ2n) is 22.0. The SMILES string of the molecule is CC/C=C\C/C=C\C/C=C\CCCCCC(=O)OCC(COC(=O)CCCCCCCCCCCCC/C=C\CCCCCCCCCC)OC(=O)CCCCCCCCCCC/C=C\CCCCCCCCCC. The van der Waals surface area contributed by atoms with Gasteiger partial charge in [0.15, 0.2) is 6.10 Å². The van der Waals surface area contributed by atoms with E-state index in [1.807, 2.05) is 0 Å². The summed E-state index contributed by atoms with van der Waals surface area (Å²) < 4.78 is 16.9. The van der Waals surface area contributed by atoms with Crippen LogP contribution in [0.25, 0.3) is 0 Å². The number of unbranched alkanes of at least 4 members (excludes halogenated alkanes) is 39. The molecule has 0 bridgehead atoms. The lowest BCUT2D eigenvalue weighted by atomic mass is 10.0. The fourth-order valence-electron chi connectivity index (χ4n) is 9.57. The van der Waals surface area contributed by atoms with E-state index in [0.717, 1.165) is 83.5 Å². The molecule has 75 heavy (non-hydrogen) atoms. The van der Waals surface area contributed by atoms with Crippen LogP contribution < -0.4 is 0 Å². The minimum absolute atomic E-state index is 0.0829. The lowest BCUT2D eigenvalue weighted by molar-refractivity contribution is -0.167. The van der Waals surface area contributed by atoms with Gasteiger partial charge in [-0.15, -0.1) is 0 Å². The van der Waals surface area contributed by atoms with E-state index < -0.39 is 6.10 Å². The fourth-order valence-corrected chi connectivity index (χ4v) is 9.57. The maximum atomic E-state index is 12.9. The van der Waals surface area contributed by atoms with Gasteiger partial charge in [-0.2, -0.15) is 0 Å². The van der Waals surface area contributed by atoms with Gasteiger partial charge in [-0.25, -0.2) is 0 Å². The number of hydrogen-bond donors (Lipinski definition) is 0. The van der Waals surface area contributed by atoms with Crippen LogP contribution in [0.2, 0.25) is 0 Å². The van der Waals surface area contributed by atoms with E-state index in [4.69, 9.17) is 14.2 Å². The van der Waals surface area contributed by atoms with Crippen LogP contribution in [0.5, 0.6) is 0 Å². The third-order valence-electron chi connectivity index (χ3n) is 14.5. The Bertz CT molecular complexity index is 1340. The van der Waals surface area contributed by atoms with Crippen LogP contribution in [0, 0.1) is 0 Å². The molecule has 436 valence electrons. The van der Waals surface area contributed by atoms with Gasteiger partial charge in [0.2, 0.25) is 0 Å². The number of carbonyl (C=O) groups is 3. The second-order valence-corrected chi connectivity index (χ2v) is 22.0. The van der Waals surface area contributed by atoms with Gasteiger partial charge >= 0.3 is 17.9 Å². The van der Waals surface area contributed by atoms with Crippen molar-refractivity contribution in [2.75, 3.05) is 13.2 Å². The Labute approximate surface area is 466 Å². The summed E-state index contributed by atoms with van der Waals surface area (Å²) in [6.07, 6.45) is 81.0. The smallest absolute Gasteiger partial charge is 0.306 e. The molecule has 0 rings (SSSR count). The maximum Gasteiger partial charge on any atom is 0.306 e. The van der Waals surface area contributed by atoms with Crippen molar-refractivity contribution >= 4 is 17.9 Å². The van der Waals surface area contributed by atoms with E-state index in [0.29, 0.717) is 19.3 Å². The van der Waals surface area contributed by atoms with E-state index in [1.165, 1.54) is 218 Å². The highest BCUT2D eigenvalue weighted by Crippen LogP contribution is 2.17. The van der Waals surface area contributed by atoms with Crippen molar-refractivity contribution in [1.29, 1.82) is 0 Å². The number of hydrogen-bond acceptors (Lipinski definition) is 6. The van der Waals surface area contributed by atoms with Crippen LogP contribution >= 0.6 is 0 Å². The number of rotatable bonds is 60. The molecule has 0 amide bonds. The van der Waals surface area contributed by atoms with Crippen LogP contribution in [-0.4, -0.2) is 37.2 Å².